The van der Waals surface area contributed by atoms with Gasteiger partial charge in [0.25, 0.3) is 0 Å². The van der Waals surface area contributed by atoms with Crippen molar-refractivity contribution in [1.29, 1.82) is 0 Å². The maximum Gasteiger partial charge on any atom is 0.335 e. The van der Waals surface area contributed by atoms with Crippen LogP contribution in [0.5, 0.6) is 0 Å². The highest BCUT2D eigenvalue weighted by atomic mass is 127. The highest BCUT2D eigenvalue weighted by molar-refractivity contribution is 14.1. The zero-order valence-corrected chi connectivity index (χ0v) is 13.8. The summed E-state index contributed by atoms with van der Waals surface area (Å²) in [5, 5.41) is 12.2. The first-order valence-corrected chi connectivity index (χ1v) is 7.64. The van der Waals surface area contributed by atoms with Crippen LogP contribution in [0.4, 0.5) is 11.5 Å². The van der Waals surface area contributed by atoms with Gasteiger partial charge in [-0.15, -0.1) is 0 Å². The van der Waals surface area contributed by atoms with E-state index in [1.54, 1.807) is 12.3 Å². The van der Waals surface area contributed by atoms with Crippen LogP contribution < -0.4 is 5.32 Å². The van der Waals surface area contributed by atoms with Crippen molar-refractivity contribution in [3.8, 4) is 0 Å². The Balaban J connectivity index is 1.95. The van der Waals surface area contributed by atoms with E-state index in [2.05, 4.69) is 43.9 Å². The van der Waals surface area contributed by atoms with Gasteiger partial charge in [0, 0.05) is 9.26 Å². The van der Waals surface area contributed by atoms with Gasteiger partial charge in [0.05, 0.1) is 22.8 Å². The Labute approximate surface area is 140 Å². The number of hydrogen-bond acceptors (Lipinski definition) is 4. The normalized spacial score (nSPS) is 10.6. The summed E-state index contributed by atoms with van der Waals surface area (Å²) in [7, 11) is 0. The zero-order chi connectivity index (χ0) is 15.7. The third kappa shape index (κ3) is 3.01. The Bertz CT molecular complexity index is 880. The molecule has 0 radical (unpaired) electrons. The largest absolute Gasteiger partial charge is 0.478 e. The Morgan fingerprint density at radius 1 is 1.18 bits per heavy atom. The standard InChI is InChI=1S/C16H12IN3O2/c1-9-6-11(17)3-5-12(9)19-15-8-18-14-7-10(16(21)22)2-4-13(14)20-15/h2-8H,1H3,(H,19,20)(H,21,22). The molecule has 2 N–H and O–H groups in total. The van der Waals surface area contributed by atoms with E-state index in [9.17, 15) is 4.79 Å². The van der Waals surface area contributed by atoms with Crippen LogP contribution in [0.15, 0.2) is 42.6 Å². The summed E-state index contributed by atoms with van der Waals surface area (Å²) in [6, 6.07) is 10.8. The number of hydrogen-bond donors (Lipinski definition) is 2. The molecule has 22 heavy (non-hydrogen) atoms. The maximum atomic E-state index is 11.0. The van der Waals surface area contributed by atoms with Crippen molar-refractivity contribution in [1.82, 2.24) is 9.97 Å². The minimum absolute atomic E-state index is 0.205. The van der Waals surface area contributed by atoms with Gasteiger partial charge < -0.3 is 10.4 Å². The number of aromatic nitrogens is 2. The molecule has 5 nitrogen and oxygen atoms in total. The molecule has 0 saturated heterocycles. The van der Waals surface area contributed by atoms with E-state index in [-0.39, 0.29) is 5.56 Å². The smallest absolute Gasteiger partial charge is 0.335 e. The molecule has 0 unspecified atom stereocenters. The molecule has 3 aromatic rings. The van der Waals surface area contributed by atoms with Gasteiger partial charge in [-0.1, -0.05) is 0 Å². The van der Waals surface area contributed by atoms with Crippen molar-refractivity contribution < 1.29 is 9.90 Å². The van der Waals surface area contributed by atoms with Gasteiger partial charge in [0.2, 0.25) is 0 Å². The van der Waals surface area contributed by atoms with Crippen LogP contribution in [0.2, 0.25) is 0 Å². The Morgan fingerprint density at radius 2 is 2.00 bits per heavy atom. The molecule has 0 spiro atoms. The number of benzene rings is 2. The molecular weight excluding hydrogens is 393 g/mol. The molecule has 3 rings (SSSR count). The summed E-state index contributed by atoms with van der Waals surface area (Å²) in [4.78, 5) is 19.7. The molecule has 0 amide bonds. The van der Waals surface area contributed by atoms with Crippen LogP contribution in [-0.2, 0) is 0 Å². The maximum absolute atomic E-state index is 11.0. The fourth-order valence-electron chi connectivity index (χ4n) is 2.11. The average Bonchev–Trinajstić information content (AvgIpc) is 2.49. The van der Waals surface area contributed by atoms with Crippen LogP contribution >= 0.6 is 22.6 Å². The fraction of sp³-hybridized carbons (Fsp3) is 0.0625. The van der Waals surface area contributed by atoms with Crippen molar-refractivity contribution in [3.63, 3.8) is 0 Å². The number of fused-ring (bicyclic) bond motifs is 1. The summed E-state index contributed by atoms with van der Waals surface area (Å²) >= 11 is 2.27. The van der Waals surface area contributed by atoms with E-state index in [0.29, 0.717) is 16.9 Å². The third-order valence-corrected chi connectivity index (χ3v) is 3.91. The lowest BCUT2D eigenvalue weighted by molar-refractivity contribution is 0.0697. The van der Waals surface area contributed by atoms with E-state index in [1.807, 2.05) is 19.1 Å². The minimum atomic E-state index is -0.972. The molecule has 6 heteroatoms. The minimum Gasteiger partial charge on any atom is -0.478 e. The first kappa shape index (κ1) is 14.7. The van der Waals surface area contributed by atoms with Gasteiger partial charge in [-0.2, -0.15) is 0 Å². The lowest BCUT2D eigenvalue weighted by Gasteiger charge is -2.09. The Morgan fingerprint density at radius 3 is 2.73 bits per heavy atom. The van der Waals surface area contributed by atoms with E-state index in [4.69, 9.17) is 5.11 Å². The Kier molecular flexibility index (Phi) is 3.93. The van der Waals surface area contributed by atoms with Crippen LogP contribution in [0.25, 0.3) is 11.0 Å². The summed E-state index contributed by atoms with van der Waals surface area (Å²) in [5.74, 6) is -0.347. The van der Waals surface area contributed by atoms with Crippen molar-refractivity contribution in [2.45, 2.75) is 6.92 Å². The molecular formula is C16H12IN3O2. The van der Waals surface area contributed by atoms with Gasteiger partial charge in [0.1, 0.15) is 5.82 Å². The number of aryl methyl sites for hydroxylation is 1. The monoisotopic (exact) mass is 405 g/mol. The number of nitrogens with one attached hydrogen (secondary N) is 1. The van der Waals surface area contributed by atoms with Crippen molar-refractivity contribution in [2.24, 2.45) is 0 Å². The number of rotatable bonds is 3. The van der Waals surface area contributed by atoms with Crippen LogP contribution in [-0.4, -0.2) is 21.0 Å². The Hall–Kier alpha value is -2.22. The van der Waals surface area contributed by atoms with E-state index >= 15 is 0 Å². The first-order chi connectivity index (χ1) is 10.5. The number of carboxylic acids is 1. The number of aromatic carboxylic acids is 1. The van der Waals surface area contributed by atoms with Gasteiger partial charge in [-0.3, -0.25) is 4.98 Å². The first-order valence-electron chi connectivity index (χ1n) is 6.56. The topological polar surface area (TPSA) is 75.1 Å². The van der Waals surface area contributed by atoms with Gasteiger partial charge in [-0.25, -0.2) is 9.78 Å². The second kappa shape index (κ2) is 5.88. The molecule has 0 aliphatic heterocycles. The molecule has 0 saturated carbocycles. The molecule has 1 aromatic heterocycles. The predicted octanol–water partition coefficient (Wildman–Crippen LogP) is 3.98. The lowest BCUT2D eigenvalue weighted by Crippen LogP contribution is -1.99. The zero-order valence-electron chi connectivity index (χ0n) is 11.7. The van der Waals surface area contributed by atoms with Gasteiger partial charge in [0.15, 0.2) is 0 Å². The molecule has 0 aliphatic rings. The number of anilines is 2. The second-order valence-electron chi connectivity index (χ2n) is 4.85. The molecule has 0 bridgehead atoms. The van der Waals surface area contributed by atoms with E-state index in [0.717, 1.165) is 11.3 Å². The van der Waals surface area contributed by atoms with Crippen molar-refractivity contribution in [3.05, 3.63) is 57.3 Å². The third-order valence-electron chi connectivity index (χ3n) is 3.24. The van der Waals surface area contributed by atoms with Crippen LogP contribution in [0.1, 0.15) is 15.9 Å². The molecule has 1 heterocycles. The highest BCUT2D eigenvalue weighted by Crippen LogP contribution is 2.22. The molecule has 0 aliphatic carbocycles. The summed E-state index contributed by atoms with van der Waals surface area (Å²) < 4.78 is 1.17. The van der Waals surface area contributed by atoms with Crippen LogP contribution in [0.3, 0.4) is 0 Å². The molecule has 0 atom stereocenters. The highest BCUT2D eigenvalue weighted by Gasteiger charge is 2.07. The molecule has 110 valence electrons. The fourth-order valence-corrected chi connectivity index (χ4v) is 2.76. The molecule has 0 fully saturated rings. The quantitative estimate of drug-likeness (QED) is 0.645. The number of halogens is 1. The molecule has 2 aromatic carbocycles. The number of carbonyl (C=O) groups is 1. The summed E-state index contributed by atoms with van der Waals surface area (Å²) in [6.07, 6.45) is 1.60. The predicted molar refractivity (Wildman–Crippen MR) is 93.7 cm³/mol. The second-order valence-corrected chi connectivity index (χ2v) is 6.09. The van der Waals surface area contributed by atoms with E-state index in [1.165, 1.54) is 15.7 Å². The van der Waals surface area contributed by atoms with Crippen molar-refractivity contribution in [2.75, 3.05) is 5.32 Å². The summed E-state index contributed by atoms with van der Waals surface area (Å²) in [5.41, 5.74) is 3.50. The van der Waals surface area contributed by atoms with E-state index < -0.39 is 5.97 Å². The lowest BCUT2D eigenvalue weighted by atomic mass is 10.2. The average molecular weight is 405 g/mol. The van der Waals surface area contributed by atoms with Gasteiger partial charge in [-0.05, 0) is 71.5 Å². The van der Waals surface area contributed by atoms with Gasteiger partial charge >= 0.3 is 5.97 Å². The number of nitrogens with zero attached hydrogens (tertiary/aromatic N) is 2. The summed E-state index contributed by atoms with van der Waals surface area (Å²) in [6.45, 7) is 2.03. The SMILES string of the molecule is Cc1cc(I)ccc1Nc1cnc2cc(C(=O)O)ccc2n1. The van der Waals surface area contributed by atoms with Crippen LogP contribution in [0, 0.1) is 10.5 Å². The number of carboxylic acid groups (broad SMARTS) is 1. The van der Waals surface area contributed by atoms with Crippen molar-refractivity contribution >= 4 is 51.1 Å².